The number of nitrogens with zero attached hydrogens (tertiary/aromatic N) is 1. The lowest BCUT2D eigenvalue weighted by Crippen LogP contribution is -1.93. The summed E-state index contributed by atoms with van der Waals surface area (Å²) in [6.07, 6.45) is 2.18. The summed E-state index contributed by atoms with van der Waals surface area (Å²) in [4.78, 5) is 25.7. The second-order valence-electron chi connectivity index (χ2n) is 3.38. The Labute approximate surface area is 105 Å². The maximum atomic E-state index is 11.0. The van der Waals surface area contributed by atoms with Gasteiger partial charge in [0.05, 0.1) is 0 Å². The van der Waals surface area contributed by atoms with Gasteiger partial charge in [0.25, 0.3) is 0 Å². The molecule has 0 bridgehead atoms. The Morgan fingerprint density at radius 1 is 1.35 bits per heavy atom. The molecule has 0 aromatic carbocycles. The molecule has 0 saturated carbocycles. The summed E-state index contributed by atoms with van der Waals surface area (Å²) >= 11 is 1.27. The number of ketones is 1. The second-order valence-corrected chi connectivity index (χ2v) is 4.65. The summed E-state index contributed by atoms with van der Waals surface area (Å²) in [6, 6.07) is 3.44. The zero-order valence-electron chi connectivity index (χ0n) is 9.82. The molecule has 0 fully saturated rings. The zero-order valence-corrected chi connectivity index (χ0v) is 10.6. The third-order valence-corrected chi connectivity index (χ3v) is 2.73. The minimum absolute atomic E-state index is 0.00475. The predicted molar refractivity (Wildman–Crippen MR) is 68.9 cm³/mol. The molecular formula is C13H13NO2S. The Kier molecular flexibility index (Phi) is 5.44. The van der Waals surface area contributed by atoms with Crippen LogP contribution in [0.4, 0.5) is 0 Å². The maximum absolute atomic E-state index is 11.0. The molecule has 0 aliphatic carbocycles. The quantitative estimate of drug-likeness (QED) is 0.467. The van der Waals surface area contributed by atoms with E-state index in [1.165, 1.54) is 24.9 Å². The van der Waals surface area contributed by atoms with E-state index in [9.17, 15) is 9.59 Å². The van der Waals surface area contributed by atoms with Crippen LogP contribution in [0.2, 0.25) is 0 Å². The van der Waals surface area contributed by atoms with Gasteiger partial charge in [-0.25, -0.2) is 4.98 Å². The Bertz CT molecular complexity index is 468. The molecule has 0 N–H and O–H groups in total. The van der Waals surface area contributed by atoms with Crippen LogP contribution in [0, 0.1) is 11.8 Å². The van der Waals surface area contributed by atoms with Gasteiger partial charge in [-0.05, 0) is 25.0 Å². The Morgan fingerprint density at radius 3 is 2.65 bits per heavy atom. The summed E-state index contributed by atoms with van der Waals surface area (Å²) < 4.78 is 0. The van der Waals surface area contributed by atoms with E-state index in [1.807, 2.05) is 0 Å². The van der Waals surface area contributed by atoms with Crippen LogP contribution in [-0.2, 0) is 4.79 Å². The van der Waals surface area contributed by atoms with Crippen LogP contribution in [-0.4, -0.2) is 21.6 Å². The van der Waals surface area contributed by atoms with E-state index in [-0.39, 0.29) is 10.9 Å². The Balaban J connectivity index is 2.49. The van der Waals surface area contributed by atoms with Crippen LogP contribution in [0.3, 0.4) is 0 Å². The van der Waals surface area contributed by atoms with Crippen molar-refractivity contribution in [2.24, 2.45) is 0 Å². The van der Waals surface area contributed by atoms with E-state index < -0.39 is 0 Å². The van der Waals surface area contributed by atoms with E-state index >= 15 is 0 Å². The number of hydrogen-bond donors (Lipinski definition) is 0. The van der Waals surface area contributed by atoms with Crippen LogP contribution in [0.15, 0.2) is 18.3 Å². The first-order valence-corrected chi connectivity index (χ1v) is 6.17. The van der Waals surface area contributed by atoms with E-state index in [4.69, 9.17) is 0 Å². The maximum Gasteiger partial charge on any atom is 0.185 e. The molecule has 0 amide bonds. The third kappa shape index (κ3) is 5.32. The number of aromatic nitrogens is 1. The molecule has 0 aliphatic heterocycles. The van der Waals surface area contributed by atoms with Crippen LogP contribution >= 0.6 is 11.8 Å². The van der Waals surface area contributed by atoms with Gasteiger partial charge in [-0.3, -0.25) is 9.59 Å². The molecule has 0 unspecified atom stereocenters. The highest BCUT2D eigenvalue weighted by molar-refractivity contribution is 8.13. The normalized spacial score (nSPS) is 9.29. The highest BCUT2D eigenvalue weighted by Crippen LogP contribution is 2.03. The fourth-order valence-corrected chi connectivity index (χ4v) is 1.57. The molecule has 1 aromatic heterocycles. The van der Waals surface area contributed by atoms with Gasteiger partial charge in [0.2, 0.25) is 0 Å². The molecule has 88 valence electrons. The van der Waals surface area contributed by atoms with Gasteiger partial charge in [-0.1, -0.05) is 17.7 Å². The molecule has 0 aliphatic rings. The highest BCUT2D eigenvalue weighted by Gasteiger charge is 1.98. The van der Waals surface area contributed by atoms with E-state index in [0.29, 0.717) is 23.4 Å². The van der Waals surface area contributed by atoms with Crippen molar-refractivity contribution >= 4 is 22.7 Å². The first-order chi connectivity index (χ1) is 8.09. The van der Waals surface area contributed by atoms with Crippen molar-refractivity contribution in [3.05, 3.63) is 29.6 Å². The summed E-state index contributed by atoms with van der Waals surface area (Å²) in [5.74, 6) is 6.52. The van der Waals surface area contributed by atoms with Crippen LogP contribution in [0.1, 0.15) is 36.3 Å². The topological polar surface area (TPSA) is 47.0 Å². The van der Waals surface area contributed by atoms with Crippen molar-refractivity contribution in [1.29, 1.82) is 0 Å². The van der Waals surface area contributed by atoms with Crippen LogP contribution in [0.5, 0.6) is 0 Å². The van der Waals surface area contributed by atoms with Crippen LogP contribution in [0.25, 0.3) is 0 Å². The van der Waals surface area contributed by atoms with Gasteiger partial charge in [0, 0.05) is 30.9 Å². The van der Waals surface area contributed by atoms with Gasteiger partial charge in [-0.2, -0.15) is 0 Å². The lowest BCUT2D eigenvalue weighted by molar-refractivity contribution is -0.109. The number of carbonyl (C=O) groups excluding carboxylic acids is 2. The molecule has 0 atom stereocenters. The monoisotopic (exact) mass is 247 g/mol. The second kappa shape index (κ2) is 6.87. The number of Topliss-reactive ketones (excluding diaryl/α,β-unsaturated/α-hetero) is 1. The highest BCUT2D eigenvalue weighted by atomic mass is 32.2. The van der Waals surface area contributed by atoms with Gasteiger partial charge in [0.1, 0.15) is 5.69 Å². The predicted octanol–water partition coefficient (Wildman–Crippen LogP) is 2.31. The number of rotatable bonds is 3. The van der Waals surface area contributed by atoms with E-state index in [2.05, 4.69) is 16.8 Å². The molecule has 3 nitrogen and oxygen atoms in total. The van der Waals surface area contributed by atoms with Crippen molar-refractivity contribution in [2.75, 3.05) is 5.75 Å². The number of thioether (sulfide) groups is 1. The first-order valence-electron chi connectivity index (χ1n) is 5.19. The van der Waals surface area contributed by atoms with Gasteiger partial charge < -0.3 is 0 Å². The largest absolute Gasteiger partial charge is 0.294 e. The average Bonchev–Trinajstić information content (AvgIpc) is 2.29. The zero-order chi connectivity index (χ0) is 12.7. The fourth-order valence-electron chi connectivity index (χ4n) is 1.07. The van der Waals surface area contributed by atoms with Crippen molar-refractivity contribution in [1.82, 2.24) is 4.98 Å². The molecule has 17 heavy (non-hydrogen) atoms. The Hall–Kier alpha value is -1.60. The standard InChI is InChI=1S/C13H13NO2S/c1-10(15)12-6-7-13(14-9-12)5-3-4-8-17-11(2)16/h6-7,9H,4,8H2,1-2H3. The van der Waals surface area contributed by atoms with Crippen LogP contribution < -0.4 is 0 Å². The summed E-state index contributed by atoms with van der Waals surface area (Å²) in [7, 11) is 0. The molecule has 0 spiro atoms. The molecule has 4 heteroatoms. The molecule has 1 aromatic rings. The summed E-state index contributed by atoms with van der Waals surface area (Å²) in [5.41, 5.74) is 1.23. The van der Waals surface area contributed by atoms with Crippen molar-refractivity contribution in [3.63, 3.8) is 0 Å². The molecule has 0 radical (unpaired) electrons. The molecule has 0 saturated heterocycles. The van der Waals surface area contributed by atoms with Gasteiger partial charge in [0.15, 0.2) is 10.9 Å². The van der Waals surface area contributed by atoms with Crippen molar-refractivity contribution in [3.8, 4) is 11.8 Å². The lowest BCUT2D eigenvalue weighted by Gasteiger charge is -1.94. The number of pyridine rings is 1. The number of hydrogen-bond acceptors (Lipinski definition) is 4. The Morgan fingerprint density at radius 2 is 2.12 bits per heavy atom. The molecule has 1 rings (SSSR count). The van der Waals surface area contributed by atoms with E-state index in [0.717, 1.165) is 0 Å². The fraction of sp³-hybridized carbons (Fsp3) is 0.308. The summed E-state index contributed by atoms with van der Waals surface area (Å²) in [6.45, 7) is 3.04. The first kappa shape index (κ1) is 13.5. The molecule has 1 heterocycles. The molecular weight excluding hydrogens is 234 g/mol. The van der Waals surface area contributed by atoms with Gasteiger partial charge >= 0.3 is 0 Å². The average molecular weight is 247 g/mol. The third-order valence-electron chi connectivity index (χ3n) is 1.92. The summed E-state index contributed by atoms with van der Waals surface area (Å²) in [5, 5.41) is 0.107. The smallest absolute Gasteiger partial charge is 0.185 e. The van der Waals surface area contributed by atoms with Crippen molar-refractivity contribution in [2.45, 2.75) is 20.3 Å². The van der Waals surface area contributed by atoms with Gasteiger partial charge in [-0.15, -0.1) is 0 Å². The minimum atomic E-state index is -0.00475. The van der Waals surface area contributed by atoms with E-state index in [1.54, 1.807) is 19.1 Å². The minimum Gasteiger partial charge on any atom is -0.294 e. The lowest BCUT2D eigenvalue weighted by atomic mass is 10.2. The SMILES string of the molecule is CC(=O)SCCC#Cc1ccc(C(C)=O)cn1. The number of carbonyl (C=O) groups is 2. The van der Waals surface area contributed by atoms with Crippen molar-refractivity contribution < 1.29 is 9.59 Å².